The Balaban J connectivity index is 1.20. The molecule has 4 amide bonds. The van der Waals surface area contributed by atoms with Crippen LogP contribution in [0.15, 0.2) is 30.5 Å². The molecule has 33 heavy (non-hydrogen) atoms. The van der Waals surface area contributed by atoms with Gasteiger partial charge in [-0.1, -0.05) is 12.1 Å². The summed E-state index contributed by atoms with van der Waals surface area (Å²) in [5, 5.41) is 4.94. The molecule has 0 saturated carbocycles. The number of carbonyl (C=O) groups excluding carboxylic acids is 4. The van der Waals surface area contributed by atoms with Crippen molar-refractivity contribution >= 4 is 29.5 Å². The zero-order chi connectivity index (χ0) is 22.9. The minimum Gasteiger partial charge on any atom is -0.444 e. The molecule has 170 valence electrons. The highest BCUT2D eigenvalue weighted by Crippen LogP contribution is 2.28. The summed E-state index contributed by atoms with van der Waals surface area (Å²) >= 11 is 0. The van der Waals surface area contributed by atoms with E-state index in [4.69, 9.17) is 9.47 Å². The first-order valence-electron chi connectivity index (χ1n) is 10.7. The molecule has 0 bridgehead atoms. The summed E-state index contributed by atoms with van der Waals surface area (Å²) in [4.78, 5) is 54.5. The molecule has 10 nitrogen and oxygen atoms in total. The number of ether oxygens (including phenoxy) is 2. The van der Waals surface area contributed by atoms with Crippen LogP contribution < -0.4 is 10.6 Å². The molecule has 0 spiro atoms. The van der Waals surface area contributed by atoms with E-state index in [1.54, 1.807) is 24.4 Å². The molecule has 10 heteroatoms. The Bertz CT molecular complexity index is 1160. The van der Waals surface area contributed by atoms with Crippen LogP contribution >= 0.6 is 0 Å². The van der Waals surface area contributed by atoms with Gasteiger partial charge in [-0.05, 0) is 29.7 Å². The molecule has 0 aliphatic carbocycles. The lowest BCUT2D eigenvalue weighted by Crippen LogP contribution is -2.52. The Morgan fingerprint density at radius 2 is 2.09 bits per heavy atom. The molecule has 1 saturated heterocycles. The van der Waals surface area contributed by atoms with Crippen LogP contribution in [0.5, 0.6) is 0 Å². The third kappa shape index (κ3) is 4.29. The first kappa shape index (κ1) is 21.1. The smallest absolute Gasteiger partial charge is 0.412 e. The summed E-state index contributed by atoms with van der Waals surface area (Å²) in [5.74, 6) is -1.04. The first-order valence-corrected chi connectivity index (χ1v) is 10.7. The Labute approximate surface area is 189 Å². The molecule has 1 fully saturated rings. The minimum absolute atomic E-state index is 0.0215. The molecule has 1 unspecified atom stereocenters. The molecule has 1 atom stereocenters. The summed E-state index contributed by atoms with van der Waals surface area (Å²) in [6.07, 6.45) is 2.22. The normalized spacial score (nSPS) is 19.6. The molecular weight excluding hydrogens is 428 g/mol. The van der Waals surface area contributed by atoms with Crippen LogP contribution in [-0.4, -0.2) is 46.3 Å². The van der Waals surface area contributed by atoms with Crippen molar-refractivity contribution in [2.45, 2.75) is 45.1 Å². The maximum atomic E-state index is 12.9. The second kappa shape index (κ2) is 8.62. The zero-order valence-electron chi connectivity index (χ0n) is 17.8. The number of anilines is 1. The second-order valence-electron chi connectivity index (χ2n) is 8.22. The van der Waals surface area contributed by atoms with Crippen LogP contribution in [0.25, 0.3) is 0 Å². The van der Waals surface area contributed by atoms with Gasteiger partial charge in [0.05, 0.1) is 25.1 Å². The van der Waals surface area contributed by atoms with Crippen LogP contribution in [0, 0.1) is 0 Å². The fourth-order valence-corrected chi connectivity index (χ4v) is 4.30. The van der Waals surface area contributed by atoms with Crippen molar-refractivity contribution in [2.75, 3.05) is 11.9 Å². The molecule has 3 aliphatic heterocycles. The molecule has 5 rings (SSSR count). The van der Waals surface area contributed by atoms with E-state index in [0.717, 1.165) is 23.2 Å². The number of aromatic nitrogens is 1. The van der Waals surface area contributed by atoms with Crippen LogP contribution in [0.4, 0.5) is 10.5 Å². The number of hydrogen-bond acceptors (Lipinski definition) is 7. The van der Waals surface area contributed by atoms with Gasteiger partial charge in [0, 0.05) is 36.2 Å². The lowest BCUT2D eigenvalue weighted by molar-refractivity contribution is -0.136. The van der Waals surface area contributed by atoms with Gasteiger partial charge in [0.25, 0.3) is 5.91 Å². The number of pyridine rings is 1. The number of nitrogens with zero attached hydrogens (tertiary/aromatic N) is 2. The van der Waals surface area contributed by atoms with Gasteiger partial charge < -0.3 is 14.4 Å². The minimum atomic E-state index is -0.663. The predicted molar refractivity (Wildman–Crippen MR) is 114 cm³/mol. The average Bonchev–Trinajstić information content (AvgIpc) is 3.13. The Kier molecular flexibility index (Phi) is 5.51. The topological polar surface area (TPSA) is 127 Å². The van der Waals surface area contributed by atoms with Crippen LogP contribution in [0.2, 0.25) is 0 Å². The molecular formula is C23H22N4O6. The van der Waals surface area contributed by atoms with Gasteiger partial charge in [-0.2, -0.15) is 0 Å². The number of rotatable bonds is 4. The van der Waals surface area contributed by atoms with Crippen LogP contribution in [0.1, 0.15) is 45.6 Å². The van der Waals surface area contributed by atoms with E-state index < -0.39 is 18.0 Å². The van der Waals surface area contributed by atoms with E-state index in [1.165, 1.54) is 4.90 Å². The quantitative estimate of drug-likeness (QED) is 0.679. The van der Waals surface area contributed by atoms with Gasteiger partial charge in [0.2, 0.25) is 11.8 Å². The van der Waals surface area contributed by atoms with E-state index in [1.807, 2.05) is 6.07 Å². The fourth-order valence-electron chi connectivity index (χ4n) is 4.30. The highest BCUT2D eigenvalue weighted by Gasteiger charge is 2.39. The molecule has 2 aromatic rings. The van der Waals surface area contributed by atoms with Crippen molar-refractivity contribution in [1.82, 2.24) is 15.2 Å². The van der Waals surface area contributed by atoms with Gasteiger partial charge in [0.15, 0.2) is 0 Å². The predicted octanol–water partition coefficient (Wildman–Crippen LogP) is 1.66. The highest BCUT2D eigenvalue weighted by molar-refractivity contribution is 6.05. The molecule has 1 aromatic carbocycles. The highest BCUT2D eigenvalue weighted by atomic mass is 16.5. The average molecular weight is 450 g/mol. The summed E-state index contributed by atoms with van der Waals surface area (Å²) < 4.78 is 10.7. The standard InChI is InChI=1S/C23H22N4O6/c28-20-4-3-19(21(29)26-20)27-10-14-2-1-13(7-17(14)22(27)30)11-33-23(31)25-16-8-15-12-32-6-5-18(15)24-9-16/h1-2,7-9,19H,3-6,10-12H2,(H,25,31)(H,26,28,29). The number of imide groups is 1. The van der Waals surface area contributed by atoms with E-state index >= 15 is 0 Å². The van der Waals surface area contributed by atoms with E-state index in [0.29, 0.717) is 43.0 Å². The summed E-state index contributed by atoms with van der Waals surface area (Å²) in [6, 6.07) is 6.41. The van der Waals surface area contributed by atoms with Gasteiger partial charge in [-0.15, -0.1) is 0 Å². The SMILES string of the molecule is O=C1CCC(N2Cc3ccc(COC(=O)Nc4cnc5c(c4)COCC5)cc3C2=O)C(=O)N1. The third-order valence-electron chi connectivity index (χ3n) is 6.01. The third-order valence-corrected chi connectivity index (χ3v) is 6.01. The van der Waals surface area contributed by atoms with Crippen molar-refractivity contribution in [3.63, 3.8) is 0 Å². The number of benzene rings is 1. The fraction of sp³-hybridized carbons (Fsp3) is 0.348. The van der Waals surface area contributed by atoms with E-state index in [9.17, 15) is 19.2 Å². The Hall–Kier alpha value is -3.79. The van der Waals surface area contributed by atoms with Crippen molar-refractivity contribution in [3.05, 3.63) is 58.4 Å². The first-order chi connectivity index (χ1) is 16.0. The van der Waals surface area contributed by atoms with Gasteiger partial charge in [-0.25, -0.2) is 4.79 Å². The summed E-state index contributed by atoms with van der Waals surface area (Å²) in [7, 11) is 0. The van der Waals surface area contributed by atoms with Crippen LogP contribution in [-0.2, 0) is 45.2 Å². The molecule has 1 aromatic heterocycles. The Morgan fingerprint density at radius 1 is 1.21 bits per heavy atom. The van der Waals surface area contributed by atoms with E-state index in [2.05, 4.69) is 15.6 Å². The molecule has 0 radical (unpaired) electrons. The Morgan fingerprint density at radius 3 is 2.94 bits per heavy atom. The lowest BCUT2D eigenvalue weighted by Gasteiger charge is -2.29. The number of nitrogens with one attached hydrogen (secondary N) is 2. The van der Waals surface area contributed by atoms with Gasteiger partial charge in [-0.3, -0.25) is 30.0 Å². The number of fused-ring (bicyclic) bond motifs is 2. The monoisotopic (exact) mass is 450 g/mol. The lowest BCUT2D eigenvalue weighted by atomic mass is 10.0. The van der Waals surface area contributed by atoms with Gasteiger partial charge in [0.1, 0.15) is 12.6 Å². The number of carbonyl (C=O) groups is 4. The largest absolute Gasteiger partial charge is 0.444 e. The van der Waals surface area contributed by atoms with Gasteiger partial charge >= 0.3 is 6.09 Å². The van der Waals surface area contributed by atoms with Crippen molar-refractivity contribution in [3.8, 4) is 0 Å². The van der Waals surface area contributed by atoms with Crippen molar-refractivity contribution < 1.29 is 28.7 Å². The summed E-state index contributed by atoms with van der Waals surface area (Å²) in [5.41, 5.74) is 4.35. The molecule has 2 N–H and O–H groups in total. The van der Waals surface area contributed by atoms with Crippen LogP contribution in [0.3, 0.4) is 0 Å². The van der Waals surface area contributed by atoms with Crippen molar-refractivity contribution in [1.29, 1.82) is 0 Å². The van der Waals surface area contributed by atoms with E-state index in [-0.39, 0.29) is 24.8 Å². The number of amides is 4. The maximum Gasteiger partial charge on any atom is 0.412 e. The second-order valence-corrected chi connectivity index (χ2v) is 8.22. The summed E-state index contributed by atoms with van der Waals surface area (Å²) in [6.45, 7) is 1.39. The number of piperidine rings is 1. The molecule has 3 aliphatic rings. The maximum absolute atomic E-state index is 12.9. The molecule has 4 heterocycles. The number of hydrogen-bond donors (Lipinski definition) is 2. The zero-order valence-corrected chi connectivity index (χ0v) is 17.8. The van der Waals surface area contributed by atoms with Crippen molar-refractivity contribution in [2.24, 2.45) is 0 Å².